The number of unbranched alkanes of at least 4 members (excludes halogenated alkanes) is 20. The molecule has 0 saturated carbocycles. The Bertz CT molecular complexity index is 714. The molecular formula is C42H83O2P. The van der Waals surface area contributed by atoms with Gasteiger partial charge in [-0.15, -0.1) is 0 Å². The summed E-state index contributed by atoms with van der Waals surface area (Å²) in [5.41, 5.74) is 2.52. The van der Waals surface area contributed by atoms with E-state index in [1.54, 1.807) is 0 Å². The Balaban J connectivity index is 5.79. The zero-order valence-corrected chi connectivity index (χ0v) is 33.0. The second-order valence-corrected chi connectivity index (χ2v) is 20.7. The van der Waals surface area contributed by atoms with Gasteiger partial charge in [0.2, 0.25) is 0 Å². The van der Waals surface area contributed by atoms with Crippen molar-refractivity contribution >= 4 is 12.8 Å². The van der Waals surface area contributed by atoms with Gasteiger partial charge in [-0.25, -0.2) is 0 Å². The maximum atomic E-state index is 13.9. The van der Waals surface area contributed by atoms with Crippen LogP contribution in [0.4, 0.5) is 0 Å². The standard InChI is InChI=1S/C42H83O2P/c1-8-12-16-20-21-22-23-24-25-26-27-31-38-45(35-28-17-13-9-2,36-29-18-14-10-3,37-30-19-15-11-4)44-42(43)39-41(7)34-32-33-40(5)6/h33,39H,8-32,34-38H2,1-7H3/b41-39+. The van der Waals surface area contributed by atoms with Crippen molar-refractivity contribution in [2.24, 2.45) is 0 Å². The van der Waals surface area contributed by atoms with E-state index in [0.29, 0.717) is 0 Å². The molecule has 0 aliphatic carbocycles. The Morgan fingerprint density at radius 3 is 1.13 bits per heavy atom. The molecule has 0 aromatic heterocycles. The number of rotatable bonds is 33. The Morgan fingerprint density at radius 2 is 0.800 bits per heavy atom. The monoisotopic (exact) mass is 651 g/mol. The van der Waals surface area contributed by atoms with Gasteiger partial charge in [-0.3, -0.25) is 0 Å². The van der Waals surface area contributed by atoms with E-state index in [-0.39, 0.29) is 5.97 Å². The van der Waals surface area contributed by atoms with Crippen LogP contribution < -0.4 is 0 Å². The quantitative estimate of drug-likeness (QED) is 0.0306. The van der Waals surface area contributed by atoms with Gasteiger partial charge in [0.25, 0.3) is 0 Å². The van der Waals surface area contributed by atoms with E-state index in [1.165, 1.54) is 190 Å². The van der Waals surface area contributed by atoms with Gasteiger partial charge in [-0.2, -0.15) is 0 Å². The van der Waals surface area contributed by atoms with Gasteiger partial charge in [0.15, 0.2) is 0 Å². The Kier molecular flexibility index (Phi) is 29.1. The summed E-state index contributed by atoms with van der Waals surface area (Å²) in [6.07, 6.45) is 42.6. The fraction of sp³-hybridized carbons (Fsp3) is 0.881. The first kappa shape index (κ1) is 44.4. The molecule has 0 spiro atoms. The molecule has 0 rings (SSSR count). The predicted octanol–water partition coefficient (Wildman–Crippen LogP) is 15.1. The molecule has 0 N–H and O–H groups in total. The molecule has 0 atom stereocenters. The van der Waals surface area contributed by atoms with Crippen molar-refractivity contribution in [3.63, 3.8) is 0 Å². The Labute approximate surface area is 284 Å². The summed E-state index contributed by atoms with van der Waals surface area (Å²) in [7, 11) is 0. The number of hydrogen-bond acceptors (Lipinski definition) is 2. The summed E-state index contributed by atoms with van der Waals surface area (Å²) in [4.78, 5) is 13.9. The fourth-order valence-electron chi connectivity index (χ4n) is 7.16. The van der Waals surface area contributed by atoms with Crippen LogP contribution in [-0.4, -0.2) is 30.6 Å². The maximum absolute atomic E-state index is 13.9. The molecule has 2 nitrogen and oxygen atoms in total. The van der Waals surface area contributed by atoms with Crippen LogP contribution in [0.15, 0.2) is 23.3 Å². The third kappa shape index (κ3) is 24.2. The number of carbonyl (C=O) groups excluding carboxylic acids is 1. The summed E-state index contributed by atoms with van der Waals surface area (Å²) in [6, 6.07) is 0. The van der Waals surface area contributed by atoms with Gasteiger partial charge in [0.1, 0.15) is 0 Å². The van der Waals surface area contributed by atoms with Gasteiger partial charge in [0.05, 0.1) is 0 Å². The van der Waals surface area contributed by atoms with Crippen molar-refractivity contribution in [1.82, 2.24) is 0 Å². The second-order valence-electron chi connectivity index (χ2n) is 15.0. The van der Waals surface area contributed by atoms with Gasteiger partial charge in [-0.05, 0) is 0 Å². The van der Waals surface area contributed by atoms with Crippen molar-refractivity contribution in [3.05, 3.63) is 23.3 Å². The normalized spacial score (nSPS) is 13.0. The van der Waals surface area contributed by atoms with Crippen LogP contribution in [0.25, 0.3) is 0 Å². The van der Waals surface area contributed by atoms with Crippen LogP contribution in [0, 0.1) is 0 Å². The van der Waals surface area contributed by atoms with Crippen molar-refractivity contribution in [1.29, 1.82) is 0 Å². The molecule has 3 heteroatoms. The zero-order chi connectivity index (χ0) is 33.5. The van der Waals surface area contributed by atoms with E-state index in [9.17, 15) is 4.79 Å². The van der Waals surface area contributed by atoms with Gasteiger partial charge in [-0.1, -0.05) is 13.3 Å². The molecule has 268 valence electrons. The molecule has 0 aliphatic heterocycles. The van der Waals surface area contributed by atoms with E-state index in [1.807, 2.05) is 6.08 Å². The number of hydrogen-bond donors (Lipinski definition) is 0. The van der Waals surface area contributed by atoms with Crippen LogP contribution in [0.5, 0.6) is 0 Å². The van der Waals surface area contributed by atoms with E-state index in [2.05, 4.69) is 54.5 Å². The molecule has 0 aliphatic rings. The topological polar surface area (TPSA) is 26.3 Å². The van der Waals surface area contributed by atoms with Crippen LogP contribution >= 0.6 is 6.83 Å². The average Bonchev–Trinajstić information content (AvgIpc) is 3.00. The molecule has 0 amide bonds. The van der Waals surface area contributed by atoms with E-state index >= 15 is 0 Å². The predicted molar refractivity (Wildman–Crippen MR) is 208 cm³/mol. The first-order valence-corrected chi connectivity index (χ1v) is 23.2. The number of carbonyl (C=O) groups is 1. The molecule has 0 fully saturated rings. The van der Waals surface area contributed by atoms with Crippen molar-refractivity contribution in [3.8, 4) is 0 Å². The molecule has 0 bridgehead atoms. The fourth-order valence-corrected chi connectivity index (χ4v) is 13.5. The average molecular weight is 651 g/mol. The van der Waals surface area contributed by atoms with Crippen molar-refractivity contribution in [2.45, 2.75) is 215 Å². The van der Waals surface area contributed by atoms with Crippen molar-refractivity contribution < 1.29 is 9.32 Å². The summed E-state index contributed by atoms with van der Waals surface area (Å²) in [5.74, 6) is -0.0113. The first-order valence-electron chi connectivity index (χ1n) is 20.3. The van der Waals surface area contributed by atoms with Gasteiger partial charge in [0, 0.05) is 0 Å². The third-order valence-electron chi connectivity index (χ3n) is 10.1. The van der Waals surface area contributed by atoms with Crippen LogP contribution in [-0.2, 0) is 9.32 Å². The molecule has 0 aromatic rings. The molecular weight excluding hydrogens is 567 g/mol. The van der Waals surface area contributed by atoms with Crippen LogP contribution in [0.3, 0.4) is 0 Å². The zero-order valence-electron chi connectivity index (χ0n) is 32.1. The third-order valence-corrected chi connectivity index (χ3v) is 16.6. The van der Waals surface area contributed by atoms with E-state index in [0.717, 1.165) is 12.8 Å². The van der Waals surface area contributed by atoms with E-state index < -0.39 is 6.83 Å². The molecule has 0 radical (unpaired) electrons. The molecule has 0 aromatic carbocycles. The Morgan fingerprint density at radius 1 is 0.489 bits per heavy atom. The summed E-state index contributed by atoms with van der Waals surface area (Å²) >= 11 is 0. The Hall–Kier alpha value is -0.620. The second kappa shape index (κ2) is 29.5. The molecule has 0 saturated heterocycles. The van der Waals surface area contributed by atoms with E-state index in [4.69, 9.17) is 4.52 Å². The van der Waals surface area contributed by atoms with Gasteiger partial charge >= 0.3 is 272 Å². The minimum absolute atomic E-state index is 0.0113. The van der Waals surface area contributed by atoms with Gasteiger partial charge < -0.3 is 0 Å². The minimum atomic E-state index is -2.69. The molecule has 0 unspecified atom stereocenters. The molecule has 0 heterocycles. The van der Waals surface area contributed by atoms with Crippen LogP contribution in [0.2, 0.25) is 0 Å². The van der Waals surface area contributed by atoms with Crippen molar-refractivity contribution in [2.75, 3.05) is 24.6 Å². The SMILES string of the molecule is CCCCCCCCCCCCCCP(CCCCCC)(CCCCCC)(CCCCCC)OC(=O)/C=C(\C)CCC=C(C)C. The molecule has 45 heavy (non-hydrogen) atoms. The summed E-state index contributed by atoms with van der Waals surface area (Å²) in [5, 5.41) is 0. The first-order chi connectivity index (χ1) is 21.8. The number of allylic oxidation sites excluding steroid dienone is 3. The summed E-state index contributed by atoms with van der Waals surface area (Å²) < 4.78 is 7.16. The summed E-state index contributed by atoms with van der Waals surface area (Å²) in [6.45, 7) is 13.0. The van der Waals surface area contributed by atoms with Crippen LogP contribution in [0.1, 0.15) is 215 Å².